The highest BCUT2D eigenvalue weighted by Gasteiger charge is 2.18. The number of methoxy groups -OCH3 is 1. The number of piperidine rings is 1. The molecule has 0 N–H and O–H groups in total. The van der Waals surface area contributed by atoms with Gasteiger partial charge in [0.2, 0.25) is 0 Å². The minimum Gasteiger partial charge on any atom is -0.464 e. The summed E-state index contributed by atoms with van der Waals surface area (Å²) in [6.07, 6.45) is 8.95. The summed E-state index contributed by atoms with van der Waals surface area (Å²) in [5, 5.41) is 0. The van der Waals surface area contributed by atoms with Gasteiger partial charge in [0.05, 0.1) is 7.11 Å². The molecule has 0 saturated carbocycles. The topological polar surface area (TPSA) is 42.4 Å². The summed E-state index contributed by atoms with van der Waals surface area (Å²) in [7, 11) is 1.40. The van der Waals surface area contributed by atoms with E-state index in [0.717, 1.165) is 32.4 Å². The van der Waals surface area contributed by atoms with E-state index in [4.69, 9.17) is 4.74 Å². The summed E-state index contributed by atoms with van der Waals surface area (Å²) in [5.74, 6) is -0.356. The van der Waals surface area contributed by atoms with Gasteiger partial charge in [0.15, 0.2) is 0 Å². The molecule has 0 radical (unpaired) electrons. The molecule has 1 aliphatic heterocycles. The Balaban J connectivity index is 2.28. The Hall–Kier alpha value is -1.58. The van der Waals surface area contributed by atoms with Crippen molar-refractivity contribution in [1.29, 1.82) is 0 Å². The predicted octanol–water partition coefficient (Wildman–Crippen LogP) is 3.20. The van der Waals surface area contributed by atoms with E-state index in [1.165, 1.54) is 37.6 Å². The van der Waals surface area contributed by atoms with Gasteiger partial charge in [-0.1, -0.05) is 13.3 Å². The van der Waals surface area contributed by atoms with Crippen molar-refractivity contribution in [2.45, 2.75) is 45.4 Å². The number of esters is 1. The average molecular weight is 276 g/mol. The standard InChI is InChI=1S/C16H24N2O2/c1-3-4-8-13-12-17-14(16(19)20-2)11-15(13)18-9-6-5-7-10-18/h11-12H,3-10H2,1-2H3. The number of hydrogen-bond donors (Lipinski definition) is 0. The number of aryl methyl sites for hydroxylation is 1. The molecule has 0 aliphatic carbocycles. The second kappa shape index (κ2) is 7.27. The van der Waals surface area contributed by atoms with Gasteiger partial charge in [-0.15, -0.1) is 0 Å². The van der Waals surface area contributed by atoms with Crippen LogP contribution in [0.1, 0.15) is 55.1 Å². The molecule has 1 aromatic rings. The summed E-state index contributed by atoms with van der Waals surface area (Å²) in [4.78, 5) is 18.3. The SMILES string of the molecule is CCCCc1cnc(C(=O)OC)cc1N1CCCCC1. The number of nitrogens with zero attached hydrogens (tertiary/aromatic N) is 2. The van der Waals surface area contributed by atoms with Gasteiger partial charge in [0.1, 0.15) is 5.69 Å². The second-order valence-electron chi connectivity index (χ2n) is 5.34. The van der Waals surface area contributed by atoms with Crippen LogP contribution in [0.5, 0.6) is 0 Å². The third-order valence-corrected chi connectivity index (χ3v) is 3.85. The lowest BCUT2D eigenvalue weighted by atomic mass is 10.0. The fourth-order valence-electron chi connectivity index (χ4n) is 2.68. The molecule has 0 unspecified atom stereocenters. The van der Waals surface area contributed by atoms with E-state index in [-0.39, 0.29) is 5.97 Å². The van der Waals surface area contributed by atoms with Gasteiger partial charge in [0, 0.05) is 25.0 Å². The summed E-state index contributed by atoms with van der Waals surface area (Å²) >= 11 is 0. The summed E-state index contributed by atoms with van der Waals surface area (Å²) in [5.41, 5.74) is 2.84. The lowest BCUT2D eigenvalue weighted by Crippen LogP contribution is -2.30. The van der Waals surface area contributed by atoms with E-state index in [1.54, 1.807) is 0 Å². The highest BCUT2D eigenvalue weighted by atomic mass is 16.5. The molecule has 1 aromatic heterocycles. The van der Waals surface area contributed by atoms with Crippen LogP contribution >= 0.6 is 0 Å². The first kappa shape index (κ1) is 14.8. The lowest BCUT2D eigenvalue weighted by molar-refractivity contribution is 0.0594. The molecule has 110 valence electrons. The van der Waals surface area contributed by atoms with Crippen molar-refractivity contribution >= 4 is 11.7 Å². The van der Waals surface area contributed by atoms with Crippen molar-refractivity contribution < 1.29 is 9.53 Å². The molecular formula is C16H24N2O2. The van der Waals surface area contributed by atoms with Crippen LogP contribution in [0.4, 0.5) is 5.69 Å². The normalized spacial score (nSPS) is 15.2. The van der Waals surface area contributed by atoms with E-state index in [1.807, 2.05) is 12.3 Å². The maximum Gasteiger partial charge on any atom is 0.356 e. The van der Waals surface area contributed by atoms with Crippen LogP contribution < -0.4 is 4.90 Å². The molecule has 0 spiro atoms. The number of ether oxygens (including phenoxy) is 1. The molecule has 0 bridgehead atoms. The third kappa shape index (κ3) is 3.50. The Labute approximate surface area is 121 Å². The molecule has 2 heterocycles. The molecule has 4 nitrogen and oxygen atoms in total. The van der Waals surface area contributed by atoms with Crippen molar-refractivity contribution in [2.24, 2.45) is 0 Å². The number of aromatic nitrogens is 1. The smallest absolute Gasteiger partial charge is 0.356 e. The Morgan fingerprint density at radius 1 is 1.35 bits per heavy atom. The lowest BCUT2D eigenvalue weighted by Gasteiger charge is -2.30. The minimum absolute atomic E-state index is 0.356. The summed E-state index contributed by atoms with van der Waals surface area (Å²) in [6.45, 7) is 4.34. The van der Waals surface area contributed by atoms with Crippen LogP contribution in [0, 0.1) is 0 Å². The Bertz CT molecular complexity index is 454. The molecule has 0 aromatic carbocycles. The number of hydrogen-bond acceptors (Lipinski definition) is 4. The molecule has 1 fully saturated rings. The number of unbranched alkanes of at least 4 members (excludes halogenated alkanes) is 1. The third-order valence-electron chi connectivity index (χ3n) is 3.85. The highest BCUT2D eigenvalue weighted by Crippen LogP contribution is 2.26. The van der Waals surface area contributed by atoms with Crippen molar-refractivity contribution in [2.75, 3.05) is 25.1 Å². The Morgan fingerprint density at radius 3 is 2.75 bits per heavy atom. The summed E-state index contributed by atoms with van der Waals surface area (Å²) < 4.78 is 4.78. The zero-order chi connectivity index (χ0) is 14.4. The average Bonchev–Trinajstić information content (AvgIpc) is 2.52. The first-order valence-corrected chi connectivity index (χ1v) is 7.58. The van der Waals surface area contributed by atoms with Crippen molar-refractivity contribution in [3.8, 4) is 0 Å². The first-order valence-electron chi connectivity index (χ1n) is 7.58. The van der Waals surface area contributed by atoms with Crippen LogP contribution in [-0.2, 0) is 11.2 Å². The van der Waals surface area contributed by atoms with Gasteiger partial charge in [-0.25, -0.2) is 9.78 Å². The van der Waals surface area contributed by atoms with E-state index in [0.29, 0.717) is 5.69 Å². The number of pyridine rings is 1. The van der Waals surface area contributed by atoms with Crippen LogP contribution in [0.3, 0.4) is 0 Å². The monoisotopic (exact) mass is 276 g/mol. The fourth-order valence-corrected chi connectivity index (χ4v) is 2.68. The first-order chi connectivity index (χ1) is 9.76. The minimum atomic E-state index is -0.356. The molecule has 1 saturated heterocycles. The molecule has 0 atom stereocenters. The zero-order valence-electron chi connectivity index (χ0n) is 12.5. The molecule has 2 rings (SSSR count). The Morgan fingerprint density at radius 2 is 2.10 bits per heavy atom. The molecule has 0 amide bonds. The fraction of sp³-hybridized carbons (Fsp3) is 0.625. The van der Waals surface area contributed by atoms with Crippen LogP contribution in [-0.4, -0.2) is 31.2 Å². The van der Waals surface area contributed by atoms with Crippen LogP contribution in [0.15, 0.2) is 12.3 Å². The van der Waals surface area contributed by atoms with Gasteiger partial charge in [-0.2, -0.15) is 0 Å². The predicted molar refractivity (Wildman–Crippen MR) is 80.3 cm³/mol. The van der Waals surface area contributed by atoms with Crippen molar-refractivity contribution in [3.05, 3.63) is 23.5 Å². The van der Waals surface area contributed by atoms with E-state index in [2.05, 4.69) is 16.8 Å². The molecule has 1 aliphatic rings. The zero-order valence-corrected chi connectivity index (χ0v) is 12.5. The van der Waals surface area contributed by atoms with Gasteiger partial charge in [0.25, 0.3) is 0 Å². The van der Waals surface area contributed by atoms with E-state index < -0.39 is 0 Å². The van der Waals surface area contributed by atoms with Crippen LogP contribution in [0.2, 0.25) is 0 Å². The van der Waals surface area contributed by atoms with E-state index >= 15 is 0 Å². The molecular weight excluding hydrogens is 252 g/mol. The molecule has 20 heavy (non-hydrogen) atoms. The van der Waals surface area contributed by atoms with Gasteiger partial charge < -0.3 is 9.64 Å². The summed E-state index contributed by atoms with van der Waals surface area (Å²) in [6, 6.07) is 1.90. The maximum absolute atomic E-state index is 11.7. The maximum atomic E-state index is 11.7. The van der Waals surface area contributed by atoms with Gasteiger partial charge >= 0.3 is 5.97 Å². The quantitative estimate of drug-likeness (QED) is 0.775. The number of anilines is 1. The van der Waals surface area contributed by atoms with Crippen molar-refractivity contribution in [1.82, 2.24) is 4.98 Å². The number of carbonyl (C=O) groups excluding carboxylic acids is 1. The Kier molecular flexibility index (Phi) is 5.39. The van der Waals surface area contributed by atoms with Gasteiger partial charge in [-0.3, -0.25) is 0 Å². The second-order valence-corrected chi connectivity index (χ2v) is 5.34. The highest BCUT2D eigenvalue weighted by molar-refractivity contribution is 5.88. The van der Waals surface area contributed by atoms with E-state index in [9.17, 15) is 4.79 Å². The largest absolute Gasteiger partial charge is 0.464 e. The molecule has 4 heteroatoms. The number of rotatable bonds is 5. The van der Waals surface area contributed by atoms with Gasteiger partial charge in [-0.05, 0) is 43.7 Å². The van der Waals surface area contributed by atoms with Crippen molar-refractivity contribution in [3.63, 3.8) is 0 Å². The van der Waals surface area contributed by atoms with Crippen LogP contribution in [0.25, 0.3) is 0 Å². The number of carbonyl (C=O) groups is 1.